The van der Waals surface area contributed by atoms with Gasteiger partial charge in [0, 0.05) is 6.04 Å². The van der Waals surface area contributed by atoms with Crippen LogP contribution in [0.4, 0.5) is 0 Å². The highest BCUT2D eigenvalue weighted by Crippen LogP contribution is 2.40. The highest BCUT2D eigenvalue weighted by atomic mass is 14.9. The maximum atomic E-state index is 3.72. The van der Waals surface area contributed by atoms with Crippen molar-refractivity contribution >= 4 is 0 Å². The van der Waals surface area contributed by atoms with E-state index in [1.807, 2.05) is 0 Å². The Morgan fingerprint density at radius 1 is 1.11 bits per heavy atom. The van der Waals surface area contributed by atoms with Gasteiger partial charge < -0.3 is 5.32 Å². The van der Waals surface area contributed by atoms with E-state index in [-0.39, 0.29) is 0 Å². The fraction of sp³-hybridized carbons (Fsp3) is 0.667. The molecule has 106 valence electrons. The summed E-state index contributed by atoms with van der Waals surface area (Å²) < 4.78 is 0. The molecular formula is C18H29N. The Balaban J connectivity index is 2.18. The highest BCUT2D eigenvalue weighted by molar-refractivity contribution is 5.27. The standard InChI is InChI=1S/C18H29N/c1-5-19-18(17-8-6-7-14(17)4)16-11-9-15(10-12-16)13(2)3/h9-14,17-19H,5-8H2,1-4H3. The van der Waals surface area contributed by atoms with Crippen LogP contribution < -0.4 is 5.32 Å². The van der Waals surface area contributed by atoms with E-state index in [1.54, 1.807) is 0 Å². The van der Waals surface area contributed by atoms with Gasteiger partial charge in [0.2, 0.25) is 0 Å². The Hall–Kier alpha value is -0.820. The first-order chi connectivity index (χ1) is 9.13. The van der Waals surface area contributed by atoms with Crippen LogP contribution in [-0.4, -0.2) is 6.54 Å². The quantitative estimate of drug-likeness (QED) is 0.793. The zero-order chi connectivity index (χ0) is 13.8. The van der Waals surface area contributed by atoms with Crippen LogP contribution in [0.3, 0.4) is 0 Å². The van der Waals surface area contributed by atoms with Crippen LogP contribution in [0.15, 0.2) is 24.3 Å². The lowest BCUT2D eigenvalue weighted by molar-refractivity contribution is 0.305. The van der Waals surface area contributed by atoms with E-state index < -0.39 is 0 Å². The molecule has 0 aromatic heterocycles. The molecule has 0 aliphatic heterocycles. The minimum atomic E-state index is 0.545. The Kier molecular flexibility index (Phi) is 5.04. The van der Waals surface area contributed by atoms with E-state index in [0.717, 1.165) is 18.4 Å². The Labute approximate surface area is 118 Å². The van der Waals surface area contributed by atoms with Crippen LogP contribution in [-0.2, 0) is 0 Å². The largest absolute Gasteiger partial charge is 0.310 e. The van der Waals surface area contributed by atoms with Crippen molar-refractivity contribution in [3.63, 3.8) is 0 Å². The summed E-state index contributed by atoms with van der Waals surface area (Å²) in [6, 6.07) is 9.85. The van der Waals surface area contributed by atoms with Gasteiger partial charge >= 0.3 is 0 Å². The van der Waals surface area contributed by atoms with Gasteiger partial charge in [-0.3, -0.25) is 0 Å². The molecular weight excluding hydrogens is 230 g/mol. The van der Waals surface area contributed by atoms with Gasteiger partial charge in [0.25, 0.3) is 0 Å². The fourth-order valence-corrected chi connectivity index (χ4v) is 3.49. The van der Waals surface area contributed by atoms with Crippen LogP contribution in [0, 0.1) is 11.8 Å². The molecule has 1 fully saturated rings. The van der Waals surface area contributed by atoms with E-state index >= 15 is 0 Å². The third-order valence-electron chi connectivity index (χ3n) is 4.74. The second kappa shape index (κ2) is 6.56. The molecule has 1 nitrogen and oxygen atoms in total. The monoisotopic (exact) mass is 259 g/mol. The predicted octanol–water partition coefficient (Wildman–Crippen LogP) is 4.90. The van der Waals surface area contributed by atoms with Gasteiger partial charge in [-0.25, -0.2) is 0 Å². The van der Waals surface area contributed by atoms with Crippen LogP contribution >= 0.6 is 0 Å². The number of nitrogens with one attached hydrogen (secondary N) is 1. The van der Waals surface area contributed by atoms with Gasteiger partial charge in [-0.2, -0.15) is 0 Å². The summed E-state index contributed by atoms with van der Waals surface area (Å²) in [6.45, 7) is 10.2. The second-order valence-electron chi connectivity index (χ2n) is 6.43. The molecule has 3 unspecified atom stereocenters. The summed E-state index contributed by atoms with van der Waals surface area (Å²) in [7, 11) is 0. The summed E-state index contributed by atoms with van der Waals surface area (Å²) in [4.78, 5) is 0. The molecule has 3 atom stereocenters. The maximum Gasteiger partial charge on any atom is 0.0351 e. The zero-order valence-electron chi connectivity index (χ0n) is 12.9. The molecule has 1 aromatic rings. The van der Waals surface area contributed by atoms with Crippen molar-refractivity contribution < 1.29 is 0 Å². The molecule has 0 heterocycles. The van der Waals surface area contributed by atoms with Crippen LogP contribution in [0.25, 0.3) is 0 Å². The molecule has 2 rings (SSSR count). The lowest BCUT2D eigenvalue weighted by atomic mass is 9.85. The van der Waals surface area contributed by atoms with E-state index in [0.29, 0.717) is 12.0 Å². The molecule has 1 heteroatoms. The van der Waals surface area contributed by atoms with Crippen molar-refractivity contribution in [2.45, 2.75) is 58.9 Å². The normalized spacial score (nSPS) is 24.9. The highest BCUT2D eigenvalue weighted by Gasteiger charge is 2.31. The summed E-state index contributed by atoms with van der Waals surface area (Å²) in [5, 5.41) is 3.72. The first kappa shape index (κ1) is 14.6. The number of benzene rings is 1. The van der Waals surface area contributed by atoms with Crippen LogP contribution in [0.1, 0.15) is 70.0 Å². The van der Waals surface area contributed by atoms with Gasteiger partial charge in [-0.15, -0.1) is 0 Å². The first-order valence-corrected chi connectivity index (χ1v) is 7.96. The lowest BCUT2D eigenvalue weighted by Gasteiger charge is -2.28. The molecule has 1 N–H and O–H groups in total. The van der Waals surface area contributed by atoms with E-state index in [4.69, 9.17) is 0 Å². The van der Waals surface area contributed by atoms with Crippen molar-refractivity contribution in [2.75, 3.05) is 6.54 Å². The molecule has 0 saturated heterocycles. The molecule has 0 spiro atoms. The summed E-state index contributed by atoms with van der Waals surface area (Å²) in [5.74, 6) is 2.29. The molecule has 0 amide bonds. The molecule has 1 aliphatic rings. The van der Waals surface area contributed by atoms with Gasteiger partial charge in [-0.1, -0.05) is 64.8 Å². The molecule has 19 heavy (non-hydrogen) atoms. The Bertz CT molecular complexity index is 379. The Morgan fingerprint density at radius 2 is 1.74 bits per heavy atom. The number of hydrogen-bond donors (Lipinski definition) is 1. The topological polar surface area (TPSA) is 12.0 Å². The average Bonchev–Trinajstić information content (AvgIpc) is 2.82. The maximum absolute atomic E-state index is 3.72. The minimum Gasteiger partial charge on any atom is -0.310 e. The van der Waals surface area contributed by atoms with Gasteiger partial charge in [-0.05, 0) is 41.8 Å². The summed E-state index contributed by atoms with van der Waals surface area (Å²) in [6.07, 6.45) is 4.18. The Morgan fingerprint density at radius 3 is 2.21 bits per heavy atom. The first-order valence-electron chi connectivity index (χ1n) is 7.96. The molecule has 1 aliphatic carbocycles. The van der Waals surface area contributed by atoms with E-state index in [1.165, 1.54) is 30.4 Å². The van der Waals surface area contributed by atoms with Crippen molar-refractivity contribution in [2.24, 2.45) is 11.8 Å². The van der Waals surface area contributed by atoms with Crippen LogP contribution in [0.2, 0.25) is 0 Å². The van der Waals surface area contributed by atoms with E-state index in [9.17, 15) is 0 Å². The number of rotatable bonds is 5. The SMILES string of the molecule is CCNC(c1ccc(C(C)C)cc1)C1CCCC1C. The van der Waals surface area contributed by atoms with Gasteiger partial charge in [0.05, 0.1) is 0 Å². The lowest BCUT2D eigenvalue weighted by Crippen LogP contribution is -2.29. The second-order valence-corrected chi connectivity index (χ2v) is 6.43. The smallest absolute Gasteiger partial charge is 0.0351 e. The molecule has 0 radical (unpaired) electrons. The minimum absolute atomic E-state index is 0.545. The van der Waals surface area contributed by atoms with Gasteiger partial charge in [0.1, 0.15) is 0 Å². The van der Waals surface area contributed by atoms with Crippen molar-refractivity contribution in [3.05, 3.63) is 35.4 Å². The molecule has 1 saturated carbocycles. The predicted molar refractivity (Wildman–Crippen MR) is 83.5 cm³/mol. The number of hydrogen-bond acceptors (Lipinski definition) is 1. The molecule has 1 aromatic carbocycles. The van der Waals surface area contributed by atoms with Crippen LogP contribution in [0.5, 0.6) is 0 Å². The van der Waals surface area contributed by atoms with Gasteiger partial charge in [0.15, 0.2) is 0 Å². The summed E-state index contributed by atoms with van der Waals surface area (Å²) in [5.41, 5.74) is 2.92. The van der Waals surface area contributed by atoms with Crippen molar-refractivity contribution in [1.29, 1.82) is 0 Å². The van der Waals surface area contributed by atoms with Crippen molar-refractivity contribution in [3.8, 4) is 0 Å². The zero-order valence-corrected chi connectivity index (χ0v) is 12.9. The van der Waals surface area contributed by atoms with E-state index in [2.05, 4.69) is 57.3 Å². The third-order valence-corrected chi connectivity index (χ3v) is 4.74. The fourth-order valence-electron chi connectivity index (χ4n) is 3.49. The molecule has 0 bridgehead atoms. The average molecular weight is 259 g/mol. The van der Waals surface area contributed by atoms with Crippen molar-refractivity contribution in [1.82, 2.24) is 5.32 Å². The third kappa shape index (κ3) is 3.39. The summed E-state index contributed by atoms with van der Waals surface area (Å²) >= 11 is 0.